The van der Waals surface area contributed by atoms with Crippen LogP contribution < -0.4 is 20.3 Å². The van der Waals surface area contributed by atoms with Crippen molar-refractivity contribution >= 4 is 23.4 Å². The van der Waals surface area contributed by atoms with Gasteiger partial charge in [-0.05, 0) is 24.3 Å². The molecule has 27 heavy (non-hydrogen) atoms. The fourth-order valence-corrected chi connectivity index (χ4v) is 2.97. The Labute approximate surface area is 156 Å². The predicted octanol–water partition coefficient (Wildman–Crippen LogP) is 1.19. The van der Waals surface area contributed by atoms with E-state index in [1.807, 2.05) is 12.1 Å². The van der Waals surface area contributed by atoms with Gasteiger partial charge in [0.15, 0.2) is 5.76 Å². The summed E-state index contributed by atoms with van der Waals surface area (Å²) in [7, 11) is 1.54. The van der Waals surface area contributed by atoms with Crippen LogP contribution in [0.25, 0.3) is 0 Å². The molecule has 0 aliphatic carbocycles. The van der Waals surface area contributed by atoms with Gasteiger partial charge in [0.2, 0.25) is 11.8 Å². The highest BCUT2D eigenvalue weighted by Crippen LogP contribution is 2.32. The van der Waals surface area contributed by atoms with E-state index in [9.17, 15) is 14.4 Å². The van der Waals surface area contributed by atoms with Gasteiger partial charge in [0.1, 0.15) is 5.75 Å². The molecule has 2 heterocycles. The van der Waals surface area contributed by atoms with Crippen LogP contribution in [0.3, 0.4) is 0 Å². The molecule has 1 aliphatic heterocycles. The molecule has 1 saturated heterocycles. The molecule has 1 aliphatic rings. The molecule has 0 radical (unpaired) electrons. The Morgan fingerprint density at radius 1 is 1.19 bits per heavy atom. The van der Waals surface area contributed by atoms with Crippen molar-refractivity contribution in [2.75, 3.05) is 31.6 Å². The van der Waals surface area contributed by atoms with Crippen LogP contribution in [-0.4, -0.2) is 44.5 Å². The fraction of sp³-hybridized carbons (Fsp3) is 0.316. The Bertz CT molecular complexity index is 819. The van der Waals surface area contributed by atoms with E-state index in [2.05, 4.69) is 10.6 Å². The van der Waals surface area contributed by atoms with Crippen molar-refractivity contribution in [3.8, 4) is 5.75 Å². The minimum Gasteiger partial charge on any atom is -0.495 e. The molecule has 3 rings (SSSR count). The molecule has 142 valence electrons. The number of rotatable bonds is 7. The topological polar surface area (TPSA) is 101 Å². The lowest BCUT2D eigenvalue weighted by molar-refractivity contribution is -0.126. The average molecular weight is 371 g/mol. The molecular formula is C19H21N3O5. The minimum absolute atomic E-state index is 0.120. The van der Waals surface area contributed by atoms with Crippen LogP contribution in [0.5, 0.6) is 5.75 Å². The van der Waals surface area contributed by atoms with Gasteiger partial charge in [-0.2, -0.15) is 0 Å². The highest BCUT2D eigenvalue weighted by molar-refractivity contribution is 6.01. The van der Waals surface area contributed by atoms with Crippen molar-refractivity contribution in [1.82, 2.24) is 10.6 Å². The van der Waals surface area contributed by atoms with Crippen LogP contribution in [-0.2, 0) is 9.59 Å². The van der Waals surface area contributed by atoms with Crippen LogP contribution in [0.1, 0.15) is 17.0 Å². The summed E-state index contributed by atoms with van der Waals surface area (Å²) < 4.78 is 10.3. The van der Waals surface area contributed by atoms with E-state index in [1.165, 1.54) is 6.26 Å². The molecule has 3 amide bonds. The van der Waals surface area contributed by atoms with Crippen LogP contribution in [0.15, 0.2) is 47.1 Å². The van der Waals surface area contributed by atoms with Crippen molar-refractivity contribution in [3.63, 3.8) is 0 Å². The third-order valence-corrected chi connectivity index (χ3v) is 4.33. The molecular weight excluding hydrogens is 350 g/mol. The van der Waals surface area contributed by atoms with Crippen molar-refractivity contribution < 1.29 is 23.5 Å². The molecule has 1 atom stereocenters. The van der Waals surface area contributed by atoms with Gasteiger partial charge in [0, 0.05) is 26.1 Å². The molecule has 2 N–H and O–H groups in total. The molecule has 1 aromatic carbocycles. The summed E-state index contributed by atoms with van der Waals surface area (Å²) in [6.45, 7) is 0.830. The standard InChI is InChI=1S/C19H21N3O5/c1-26-15-6-3-2-5-14(15)22-12-13(11-17(22)23)18(24)20-8-9-21-19(25)16-7-4-10-27-16/h2-7,10,13H,8-9,11-12H2,1H3,(H,20,24)(H,21,25). The summed E-state index contributed by atoms with van der Waals surface area (Å²) in [4.78, 5) is 38.0. The normalized spacial score (nSPS) is 16.3. The summed E-state index contributed by atoms with van der Waals surface area (Å²) in [5, 5.41) is 5.40. The van der Waals surface area contributed by atoms with Crippen molar-refractivity contribution in [2.24, 2.45) is 5.92 Å². The second-order valence-electron chi connectivity index (χ2n) is 6.10. The van der Waals surface area contributed by atoms with Gasteiger partial charge in [0.05, 0.1) is 25.0 Å². The number of furan rings is 1. The second kappa shape index (κ2) is 8.39. The number of methoxy groups -OCH3 is 1. The van der Waals surface area contributed by atoms with Gasteiger partial charge in [-0.3, -0.25) is 14.4 Å². The fourth-order valence-electron chi connectivity index (χ4n) is 2.97. The summed E-state index contributed by atoms with van der Waals surface area (Å²) in [5.41, 5.74) is 0.658. The molecule has 8 heteroatoms. The Balaban J connectivity index is 1.48. The zero-order chi connectivity index (χ0) is 19.2. The molecule has 0 saturated carbocycles. The molecule has 1 unspecified atom stereocenters. The highest BCUT2D eigenvalue weighted by Gasteiger charge is 2.36. The van der Waals surface area contributed by atoms with E-state index < -0.39 is 5.92 Å². The zero-order valence-electron chi connectivity index (χ0n) is 14.9. The van der Waals surface area contributed by atoms with Gasteiger partial charge < -0.3 is 24.7 Å². The number of carbonyl (C=O) groups excluding carboxylic acids is 3. The maximum Gasteiger partial charge on any atom is 0.287 e. The smallest absolute Gasteiger partial charge is 0.287 e. The maximum absolute atomic E-state index is 12.3. The number of amides is 3. The number of para-hydroxylation sites is 2. The van der Waals surface area contributed by atoms with E-state index in [0.717, 1.165) is 0 Å². The third-order valence-electron chi connectivity index (χ3n) is 4.33. The maximum atomic E-state index is 12.3. The van der Waals surface area contributed by atoms with Crippen molar-refractivity contribution in [2.45, 2.75) is 6.42 Å². The lowest BCUT2D eigenvalue weighted by atomic mass is 10.1. The average Bonchev–Trinajstić information content (AvgIpc) is 3.35. The number of nitrogens with zero attached hydrogens (tertiary/aromatic N) is 1. The second-order valence-corrected chi connectivity index (χ2v) is 6.10. The van der Waals surface area contributed by atoms with Crippen LogP contribution in [0.4, 0.5) is 5.69 Å². The zero-order valence-corrected chi connectivity index (χ0v) is 14.9. The molecule has 1 fully saturated rings. The van der Waals surface area contributed by atoms with Crippen molar-refractivity contribution in [1.29, 1.82) is 0 Å². The molecule has 0 bridgehead atoms. The predicted molar refractivity (Wildman–Crippen MR) is 97.5 cm³/mol. The minimum atomic E-state index is -0.441. The molecule has 1 aromatic heterocycles. The van der Waals surface area contributed by atoms with Crippen LogP contribution in [0.2, 0.25) is 0 Å². The summed E-state index contributed by atoms with van der Waals surface area (Å²) >= 11 is 0. The first kappa shape index (κ1) is 18.5. The monoisotopic (exact) mass is 371 g/mol. The number of hydrogen-bond acceptors (Lipinski definition) is 5. The van der Waals surface area contributed by atoms with Crippen LogP contribution >= 0.6 is 0 Å². The van der Waals surface area contributed by atoms with Crippen LogP contribution in [0, 0.1) is 5.92 Å². The number of carbonyl (C=O) groups is 3. The lowest BCUT2D eigenvalue weighted by Crippen LogP contribution is -2.38. The highest BCUT2D eigenvalue weighted by atomic mass is 16.5. The van der Waals surface area contributed by atoms with Crippen molar-refractivity contribution in [3.05, 3.63) is 48.4 Å². The van der Waals surface area contributed by atoms with Gasteiger partial charge >= 0.3 is 0 Å². The molecule has 2 aromatic rings. The molecule has 0 spiro atoms. The van der Waals surface area contributed by atoms with E-state index >= 15 is 0 Å². The Morgan fingerprint density at radius 3 is 2.70 bits per heavy atom. The Hall–Kier alpha value is -3.29. The third kappa shape index (κ3) is 4.28. The molecule has 8 nitrogen and oxygen atoms in total. The number of nitrogens with one attached hydrogen (secondary N) is 2. The Morgan fingerprint density at radius 2 is 1.96 bits per heavy atom. The first-order valence-electron chi connectivity index (χ1n) is 8.63. The van der Waals surface area contributed by atoms with Gasteiger partial charge in [-0.15, -0.1) is 0 Å². The number of anilines is 1. The number of ether oxygens (including phenoxy) is 1. The van der Waals surface area contributed by atoms with E-state index in [0.29, 0.717) is 18.0 Å². The largest absolute Gasteiger partial charge is 0.495 e. The summed E-state index contributed by atoms with van der Waals surface area (Å²) in [6.07, 6.45) is 1.56. The van der Waals surface area contributed by atoms with Gasteiger partial charge in [-0.25, -0.2) is 0 Å². The number of hydrogen-bond donors (Lipinski definition) is 2. The van der Waals surface area contributed by atoms with E-state index in [4.69, 9.17) is 9.15 Å². The van der Waals surface area contributed by atoms with E-state index in [1.54, 1.807) is 36.3 Å². The summed E-state index contributed by atoms with van der Waals surface area (Å²) in [6, 6.07) is 10.4. The SMILES string of the molecule is COc1ccccc1N1CC(C(=O)NCCNC(=O)c2ccco2)CC1=O. The number of benzene rings is 1. The first-order valence-corrected chi connectivity index (χ1v) is 8.63. The Kier molecular flexibility index (Phi) is 5.75. The van der Waals surface area contributed by atoms with E-state index in [-0.39, 0.29) is 43.0 Å². The van der Waals surface area contributed by atoms with Gasteiger partial charge in [0.25, 0.3) is 5.91 Å². The van der Waals surface area contributed by atoms with Gasteiger partial charge in [-0.1, -0.05) is 12.1 Å². The summed E-state index contributed by atoms with van der Waals surface area (Å²) in [5.74, 6) is -0.308. The first-order chi connectivity index (χ1) is 13.1. The lowest BCUT2D eigenvalue weighted by Gasteiger charge is -2.19. The quantitative estimate of drug-likeness (QED) is 0.712.